The Labute approximate surface area is 157 Å². The number of hydrogen-bond acceptors (Lipinski definition) is 3. The molecule has 1 aromatic carbocycles. The second-order valence-electron chi connectivity index (χ2n) is 6.33. The molecule has 6 heteroatoms. The Morgan fingerprint density at radius 1 is 1.19 bits per heavy atom. The van der Waals surface area contributed by atoms with Crippen molar-refractivity contribution in [1.29, 1.82) is 0 Å². The number of nitrogens with one attached hydrogen (secondary N) is 1. The molecular formula is C20H21ClN2O3. The van der Waals surface area contributed by atoms with Crippen molar-refractivity contribution in [2.24, 2.45) is 5.92 Å². The van der Waals surface area contributed by atoms with E-state index in [1.807, 2.05) is 4.90 Å². The van der Waals surface area contributed by atoms with Gasteiger partial charge in [0.2, 0.25) is 5.91 Å². The van der Waals surface area contributed by atoms with Crippen LogP contribution < -0.4 is 5.32 Å². The summed E-state index contributed by atoms with van der Waals surface area (Å²) in [6.07, 6.45) is 6.55. The third-order valence-electron chi connectivity index (χ3n) is 4.52. The molecule has 2 aromatic rings. The van der Waals surface area contributed by atoms with E-state index in [0.717, 1.165) is 12.8 Å². The van der Waals surface area contributed by atoms with Crippen molar-refractivity contribution in [3.8, 4) is 0 Å². The minimum atomic E-state index is -0.0958. The van der Waals surface area contributed by atoms with Crippen molar-refractivity contribution in [3.05, 3.63) is 65.1 Å². The summed E-state index contributed by atoms with van der Waals surface area (Å²) < 4.78 is 5.18. The molecule has 1 aromatic heterocycles. The first kappa shape index (κ1) is 18.3. The number of benzene rings is 1. The Hall–Kier alpha value is -2.53. The number of halogens is 1. The van der Waals surface area contributed by atoms with Crippen molar-refractivity contribution in [2.75, 3.05) is 19.6 Å². The summed E-state index contributed by atoms with van der Waals surface area (Å²) in [5.74, 6) is 0.939. The van der Waals surface area contributed by atoms with Crippen LogP contribution in [0.25, 0.3) is 6.08 Å². The number of carbonyl (C=O) groups excluding carboxylic acids is 2. The second-order valence-corrected chi connectivity index (χ2v) is 6.77. The first-order valence-corrected chi connectivity index (χ1v) is 9.04. The molecule has 0 aliphatic carbocycles. The minimum Gasteiger partial charge on any atom is -0.465 e. The van der Waals surface area contributed by atoms with E-state index in [0.29, 0.717) is 41.9 Å². The summed E-state index contributed by atoms with van der Waals surface area (Å²) in [5, 5.41) is 3.57. The summed E-state index contributed by atoms with van der Waals surface area (Å²) in [4.78, 5) is 26.2. The zero-order valence-corrected chi connectivity index (χ0v) is 15.1. The van der Waals surface area contributed by atoms with Crippen LogP contribution in [0.4, 0.5) is 0 Å². The molecule has 3 rings (SSSR count). The quantitative estimate of drug-likeness (QED) is 0.815. The van der Waals surface area contributed by atoms with Gasteiger partial charge in [0.25, 0.3) is 5.91 Å². The maximum Gasteiger partial charge on any atom is 0.251 e. The van der Waals surface area contributed by atoms with E-state index in [1.165, 1.54) is 0 Å². The molecule has 2 amide bonds. The fourth-order valence-corrected chi connectivity index (χ4v) is 3.07. The summed E-state index contributed by atoms with van der Waals surface area (Å²) >= 11 is 5.83. The molecular weight excluding hydrogens is 352 g/mol. The zero-order valence-electron chi connectivity index (χ0n) is 14.4. The van der Waals surface area contributed by atoms with Crippen LogP contribution in [-0.2, 0) is 4.79 Å². The van der Waals surface area contributed by atoms with Gasteiger partial charge in [-0.1, -0.05) is 11.6 Å². The lowest BCUT2D eigenvalue weighted by molar-refractivity contribution is -0.127. The SMILES string of the molecule is O=C(NCC1CCN(C(=O)/C=C/c2ccco2)CC1)c1ccc(Cl)cc1. The highest BCUT2D eigenvalue weighted by Gasteiger charge is 2.22. The van der Waals surface area contributed by atoms with Crippen molar-refractivity contribution in [2.45, 2.75) is 12.8 Å². The van der Waals surface area contributed by atoms with E-state index in [-0.39, 0.29) is 11.8 Å². The van der Waals surface area contributed by atoms with E-state index in [4.69, 9.17) is 16.0 Å². The normalized spacial score (nSPS) is 15.3. The van der Waals surface area contributed by atoms with Crippen molar-refractivity contribution < 1.29 is 14.0 Å². The number of hydrogen-bond donors (Lipinski definition) is 1. The van der Waals surface area contributed by atoms with E-state index >= 15 is 0 Å². The summed E-state index contributed by atoms with van der Waals surface area (Å²) in [7, 11) is 0. The molecule has 5 nitrogen and oxygen atoms in total. The van der Waals surface area contributed by atoms with Crippen LogP contribution in [0.5, 0.6) is 0 Å². The highest BCUT2D eigenvalue weighted by Crippen LogP contribution is 2.17. The van der Waals surface area contributed by atoms with Gasteiger partial charge < -0.3 is 14.6 Å². The monoisotopic (exact) mass is 372 g/mol. The number of rotatable bonds is 5. The zero-order chi connectivity index (χ0) is 18.4. The van der Waals surface area contributed by atoms with Gasteiger partial charge in [0.15, 0.2) is 0 Å². The molecule has 26 heavy (non-hydrogen) atoms. The molecule has 0 bridgehead atoms. The number of piperidine rings is 1. The predicted octanol–water partition coefficient (Wildman–Crippen LogP) is 3.61. The highest BCUT2D eigenvalue weighted by atomic mass is 35.5. The lowest BCUT2D eigenvalue weighted by Gasteiger charge is -2.31. The molecule has 0 radical (unpaired) electrons. The van der Waals surface area contributed by atoms with Crippen LogP contribution in [0.15, 0.2) is 53.2 Å². The predicted molar refractivity (Wildman–Crippen MR) is 101 cm³/mol. The largest absolute Gasteiger partial charge is 0.465 e. The van der Waals surface area contributed by atoms with E-state index in [9.17, 15) is 9.59 Å². The molecule has 1 saturated heterocycles. The molecule has 1 aliphatic heterocycles. The molecule has 1 fully saturated rings. The first-order valence-electron chi connectivity index (χ1n) is 8.66. The topological polar surface area (TPSA) is 62.6 Å². The van der Waals surface area contributed by atoms with Gasteiger partial charge >= 0.3 is 0 Å². The van der Waals surface area contributed by atoms with Gasteiger partial charge in [0.1, 0.15) is 5.76 Å². The maximum atomic E-state index is 12.2. The van der Waals surface area contributed by atoms with Crippen molar-refractivity contribution in [3.63, 3.8) is 0 Å². The molecule has 1 N–H and O–H groups in total. The van der Waals surface area contributed by atoms with Crippen LogP contribution in [0, 0.1) is 5.92 Å². The van der Waals surface area contributed by atoms with E-state index in [2.05, 4.69) is 5.32 Å². The summed E-state index contributed by atoms with van der Waals surface area (Å²) in [5.41, 5.74) is 0.602. The fourth-order valence-electron chi connectivity index (χ4n) is 2.94. The third kappa shape index (κ3) is 4.99. The molecule has 0 atom stereocenters. The minimum absolute atomic E-state index is 0.00921. The number of likely N-dealkylation sites (tertiary alicyclic amines) is 1. The molecule has 1 aliphatic rings. The Bertz CT molecular complexity index is 761. The Morgan fingerprint density at radius 3 is 2.58 bits per heavy atom. The molecule has 0 spiro atoms. The van der Waals surface area contributed by atoms with E-state index in [1.54, 1.807) is 54.8 Å². The standard InChI is InChI=1S/C20H21ClN2O3/c21-17-5-3-16(4-6-17)20(25)22-14-15-9-11-23(12-10-15)19(24)8-7-18-2-1-13-26-18/h1-8,13,15H,9-12,14H2,(H,22,25)/b8-7+. The molecule has 136 valence electrons. The van der Waals surface area contributed by atoms with Gasteiger partial charge in [-0.3, -0.25) is 9.59 Å². The van der Waals surface area contributed by atoms with Crippen LogP contribution in [0.2, 0.25) is 5.02 Å². The summed E-state index contributed by atoms with van der Waals surface area (Å²) in [6.45, 7) is 2.01. The maximum absolute atomic E-state index is 12.2. The van der Waals surface area contributed by atoms with Gasteiger partial charge in [-0.25, -0.2) is 0 Å². The number of amides is 2. The van der Waals surface area contributed by atoms with Crippen LogP contribution >= 0.6 is 11.6 Å². The fraction of sp³-hybridized carbons (Fsp3) is 0.300. The second kappa shape index (κ2) is 8.72. The van der Waals surface area contributed by atoms with Crippen LogP contribution in [0.1, 0.15) is 29.0 Å². The molecule has 2 heterocycles. The van der Waals surface area contributed by atoms with Gasteiger partial charge in [0.05, 0.1) is 6.26 Å². The Morgan fingerprint density at radius 2 is 1.92 bits per heavy atom. The first-order chi connectivity index (χ1) is 12.6. The van der Waals surface area contributed by atoms with E-state index < -0.39 is 0 Å². The third-order valence-corrected chi connectivity index (χ3v) is 4.77. The Balaban J connectivity index is 1.41. The van der Waals surface area contributed by atoms with Gasteiger partial charge in [0, 0.05) is 36.3 Å². The lowest BCUT2D eigenvalue weighted by Crippen LogP contribution is -2.40. The van der Waals surface area contributed by atoms with Crippen LogP contribution in [-0.4, -0.2) is 36.3 Å². The highest BCUT2D eigenvalue weighted by molar-refractivity contribution is 6.30. The lowest BCUT2D eigenvalue weighted by atomic mass is 9.96. The molecule has 0 saturated carbocycles. The summed E-state index contributed by atoms with van der Waals surface area (Å²) in [6, 6.07) is 10.4. The average Bonchev–Trinajstić information content (AvgIpc) is 3.19. The number of carbonyl (C=O) groups is 2. The van der Waals surface area contributed by atoms with Gasteiger partial charge in [-0.2, -0.15) is 0 Å². The molecule has 0 unspecified atom stereocenters. The number of nitrogens with zero attached hydrogens (tertiary/aromatic N) is 1. The smallest absolute Gasteiger partial charge is 0.251 e. The van der Waals surface area contributed by atoms with Gasteiger partial charge in [-0.15, -0.1) is 0 Å². The van der Waals surface area contributed by atoms with Gasteiger partial charge in [-0.05, 0) is 61.2 Å². The van der Waals surface area contributed by atoms with Crippen molar-refractivity contribution in [1.82, 2.24) is 10.2 Å². The van der Waals surface area contributed by atoms with Crippen LogP contribution in [0.3, 0.4) is 0 Å². The van der Waals surface area contributed by atoms with Crippen molar-refractivity contribution >= 4 is 29.5 Å². The number of furan rings is 1. The Kier molecular flexibility index (Phi) is 6.12. The average molecular weight is 373 g/mol.